The summed E-state index contributed by atoms with van der Waals surface area (Å²) in [5.74, 6) is 0.296. The molecule has 10 heteroatoms. The molecule has 1 aliphatic heterocycles. The number of amides is 2. The zero-order valence-corrected chi connectivity index (χ0v) is 21.2. The van der Waals surface area contributed by atoms with Crippen LogP contribution < -0.4 is 20.0 Å². The molecule has 1 N–H and O–H groups in total. The molecule has 0 aromatic heterocycles. The molecule has 1 atom stereocenters. The SMILES string of the molecule is CCOc1cc([C@@H](CS(C)(=O)=O)N2Cc3c([Si])ccc(NC(=O)C4CC4)c3C2=O)ccc1OC. The first kappa shape index (κ1) is 24.3. The van der Waals surface area contributed by atoms with Crippen molar-refractivity contribution in [2.75, 3.05) is 31.0 Å². The number of anilines is 1. The van der Waals surface area contributed by atoms with E-state index in [2.05, 4.69) is 15.6 Å². The number of nitrogens with zero attached hydrogens (tertiary/aromatic N) is 1. The lowest BCUT2D eigenvalue weighted by molar-refractivity contribution is -0.117. The van der Waals surface area contributed by atoms with Gasteiger partial charge in [0.2, 0.25) is 5.91 Å². The molecule has 179 valence electrons. The van der Waals surface area contributed by atoms with Gasteiger partial charge in [-0.05, 0) is 49.1 Å². The molecule has 0 spiro atoms. The first-order valence-electron chi connectivity index (χ1n) is 11.1. The van der Waals surface area contributed by atoms with E-state index in [1.165, 1.54) is 7.11 Å². The molecule has 34 heavy (non-hydrogen) atoms. The highest BCUT2D eigenvalue weighted by Gasteiger charge is 2.39. The largest absolute Gasteiger partial charge is 0.493 e. The van der Waals surface area contributed by atoms with Gasteiger partial charge in [0.25, 0.3) is 5.91 Å². The third-order valence-corrected chi connectivity index (χ3v) is 7.42. The number of hydrogen-bond acceptors (Lipinski definition) is 6. The van der Waals surface area contributed by atoms with E-state index in [-0.39, 0.29) is 30.0 Å². The minimum Gasteiger partial charge on any atom is -0.493 e. The highest BCUT2D eigenvalue weighted by Crippen LogP contribution is 2.38. The molecule has 1 aliphatic carbocycles. The van der Waals surface area contributed by atoms with Gasteiger partial charge in [0, 0.05) is 18.7 Å². The van der Waals surface area contributed by atoms with Crippen molar-refractivity contribution < 1.29 is 27.5 Å². The minimum atomic E-state index is -3.45. The van der Waals surface area contributed by atoms with Gasteiger partial charge >= 0.3 is 0 Å². The first-order valence-corrected chi connectivity index (χ1v) is 13.7. The van der Waals surface area contributed by atoms with Crippen molar-refractivity contribution in [3.8, 4) is 11.5 Å². The van der Waals surface area contributed by atoms with Crippen molar-refractivity contribution in [2.24, 2.45) is 5.92 Å². The molecule has 1 saturated carbocycles. The minimum absolute atomic E-state index is 0.0132. The molecule has 0 bridgehead atoms. The van der Waals surface area contributed by atoms with Crippen LogP contribution in [0.5, 0.6) is 11.5 Å². The summed E-state index contributed by atoms with van der Waals surface area (Å²) in [7, 11) is 1.65. The smallest absolute Gasteiger partial charge is 0.257 e. The summed E-state index contributed by atoms with van der Waals surface area (Å²) >= 11 is 0. The standard InChI is InChI=1S/C24H27N2O6SSi/c1-4-32-20-11-15(7-9-19(20)31-2)18(13-33(3,29)30)26-12-16-21(34)10-8-17(22(16)24(26)28)25-23(27)14-5-6-14/h7-11,14,18H,4-6,12-13H2,1-3H3,(H,25,27)/t18-/m1/s1. The van der Waals surface area contributed by atoms with Gasteiger partial charge in [0.1, 0.15) is 9.84 Å². The Morgan fingerprint density at radius 3 is 2.59 bits per heavy atom. The van der Waals surface area contributed by atoms with E-state index in [1.807, 2.05) is 6.92 Å². The van der Waals surface area contributed by atoms with Crippen LogP contribution in [0, 0.1) is 5.92 Å². The van der Waals surface area contributed by atoms with Gasteiger partial charge < -0.3 is 19.7 Å². The fourth-order valence-corrected chi connectivity index (χ4v) is 5.43. The average Bonchev–Trinajstić information content (AvgIpc) is 3.57. The fraction of sp³-hybridized carbons (Fsp3) is 0.417. The van der Waals surface area contributed by atoms with E-state index in [9.17, 15) is 18.0 Å². The van der Waals surface area contributed by atoms with E-state index in [0.29, 0.717) is 40.5 Å². The number of nitrogens with one attached hydrogen (secondary N) is 1. The maximum atomic E-state index is 13.7. The third kappa shape index (κ3) is 4.97. The van der Waals surface area contributed by atoms with E-state index in [4.69, 9.17) is 9.47 Å². The molecule has 2 amide bonds. The second kappa shape index (κ2) is 9.42. The van der Waals surface area contributed by atoms with Crippen LogP contribution in [0.25, 0.3) is 0 Å². The topological polar surface area (TPSA) is 102 Å². The Morgan fingerprint density at radius 2 is 1.97 bits per heavy atom. The van der Waals surface area contributed by atoms with Crippen molar-refractivity contribution in [1.29, 1.82) is 0 Å². The van der Waals surface area contributed by atoms with E-state index >= 15 is 0 Å². The van der Waals surface area contributed by atoms with Crippen LogP contribution in [0.3, 0.4) is 0 Å². The van der Waals surface area contributed by atoms with Crippen LogP contribution >= 0.6 is 0 Å². The van der Waals surface area contributed by atoms with Crippen LogP contribution in [0.1, 0.15) is 47.3 Å². The summed E-state index contributed by atoms with van der Waals surface area (Å²) in [4.78, 5) is 27.6. The van der Waals surface area contributed by atoms with Crippen molar-refractivity contribution in [1.82, 2.24) is 4.90 Å². The number of fused-ring (bicyclic) bond motifs is 1. The number of ether oxygens (including phenoxy) is 2. The normalized spacial score (nSPS) is 16.2. The number of carbonyl (C=O) groups excluding carboxylic acids is 2. The van der Waals surface area contributed by atoms with Crippen molar-refractivity contribution in [2.45, 2.75) is 32.4 Å². The molecule has 1 fully saturated rings. The molecule has 0 saturated heterocycles. The Hall–Kier alpha value is -2.85. The molecule has 2 aliphatic rings. The first-order chi connectivity index (χ1) is 16.1. The number of sulfone groups is 1. The molecular weight excluding hydrogens is 472 g/mol. The molecule has 2 aromatic carbocycles. The van der Waals surface area contributed by atoms with Gasteiger partial charge in [0.15, 0.2) is 11.5 Å². The molecule has 8 nitrogen and oxygen atoms in total. The van der Waals surface area contributed by atoms with Crippen LogP contribution in [0.15, 0.2) is 30.3 Å². The second-order valence-corrected chi connectivity index (χ2v) is 11.4. The van der Waals surface area contributed by atoms with E-state index < -0.39 is 15.9 Å². The summed E-state index contributed by atoms with van der Waals surface area (Å²) < 4.78 is 35.8. The number of rotatable bonds is 9. The summed E-state index contributed by atoms with van der Waals surface area (Å²) in [6.07, 6.45) is 2.85. The molecule has 1 heterocycles. The van der Waals surface area contributed by atoms with Crippen LogP contribution in [-0.2, 0) is 21.2 Å². The maximum absolute atomic E-state index is 13.7. The quantitative estimate of drug-likeness (QED) is 0.530. The molecule has 3 radical (unpaired) electrons. The number of benzene rings is 2. The summed E-state index contributed by atoms with van der Waals surface area (Å²) in [5.41, 5.74) is 2.17. The number of carbonyl (C=O) groups is 2. The zero-order chi connectivity index (χ0) is 24.6. The molecular formula is C24H27N2O6SSi. The second-order valence-electron chi connectivity index (χ2n) is 8.66. The summed E-state index contributed by atoms with van der Waals surface area (Å²) in [6.45, 7) is 2.45. The van der Waals surface area contributed by atoms with Gasteiger partial charge in [-0.15, -0.1) is 0 Å². The Kier molecular flexibility index (Phi) is 6.72. The summed E-state index contributed by atoms with van der Waals surface area (Å²) in [5, 5.41) is 3.61. The highest BCUT2D eigenvalue weighted by molar-refractivity contribution is 7.90. The predicted molar refractivity (Wildman–Crippen MR) is 130 cm³/mol. The monoisotopic (exact) mass is 499 g/mol. The van der Waals surface area contributed by atoms with Gasteiger partial charge in [-0.2, -0.15) is 0 Å². The Labute approximate surface area is 203 Å². The molecule has 2 aromatic rings. The fourth-order valence-electron chi connectivity index (χ4n) is 4.20. The lowest BCUT2D eigenvalue weighted by Crippen LogP contribution is -2.34. The molecule has 4 rings (SSSR count). The predicted octanol–water partition coefficient (Wildman–Crippen LogP) is 1.98. The van der Waals surface area contributed by atoms with E-state index in [0.717, 1.165) is 24.3 Å². The van der Waals surface area contributed by atoms with Crippen molar-refractivity contribution in [3.05, 3.63) is 47.0 Å². The molecule has 0 unspecified atom stereocenters. The Bertz CT molecular complexity index is 1240. The van der Waals surface area contributed by atoms with Crippen LogP contribution in [0.2, 0.25) is 0 Å². The maximum Gasteiger partial charge on any atom is 0.257 e. The Balaban J connectivity index is 1.74. The van der Waals surface area contributed by atoms with Crippen LogP contribution in [-0.4, -0.2) is 61.1 Å². The van der Waals surface area contributed by atoms with Crippen molar-refractivity contribution in [3.63, 3.8) is 0 Å². The number of methoxy groups -OCH3 is 1. The average molecular weight is 500 g/mol. The lowest BCUT2D eigenvalue weighted by Gasteiger charge is -2.28. The zero-order valence-electron chi connectivity index (χ0n) is 19.4. The summed E-state index contributed by atoms with van der Waals surface area (Å²) in [6, 6.07) is 7.92. The van der Waals surface area contributed by atoms with Gasteiger partial charge in [-0.25, -0.2) is 8.42 Å². The van der Waals surface area contributed by atoms with Crippen LogP contribution in [0.4, 0.5) is 5.69 Å². The third-order valence-electron chi connectivity index (χ3n) is 6.03. The Morgan fingerprint density at radius 1 is 1.24 bits per heavy atom. The lowest BCUT2D eigenvalue weighted by atomic mass is 10.1. The number of hydrogen-bond donors (Lipinski definition) is 1. The van der Waals surface area contributed by atoms with Gasteiger partial charge in [-0.1, -0.05) is 17.3 Å². The van der Waals surface area contributed by atoms with Gasteiger partial charge in [-0.3, -0.25) is 9.59 Å². The van der Waals surface area contributed by atoms with Gasteiger partial charge in [0.05, 0.1) is 47.0 Å². The highest BCUT2D eigenvalue weighted by atomic mass is 32.2. The van der Waals surface area contributed by atoms with Crippen molar-refractivity contribution >= 4 is 42.8 Å². The van der Waals surface area contributed by atoms with E-state index in [1.54, 1.807) is 35.2 Å².